The quantitative estimate of drug-likeness (QED) is 0.855. The molecule has 0 saturated heterocycles. The number of hydrogen-bond acceptors (Lipinski definition) is 4. The lowest BCUT2D eigenvalue weighted by Gasteiger charge is -2.08. The number of nitrogens with two attached hydrogens (primary N) is 1. The average Bonchev–Trinajstić information content (AvgIpc) is 3.06. The molecule has 6 heteroatoms. The average molecular weight is 286 g/mol. The van der Waals surface area contributed by atoms with Gasteiger partial charge in [-0.15, -0.1) is 5.10 Å². The van der Waals surface area contributed by atoms with E-state index >= 15 is 0 Å². The first-order valence-corrected chi connectivity index (χ1v) is 7.15. The Bertz CT molecular complexity index is 678. The number of rotatable bonds is 5. The largest absolute Gasteiger partial charge is 0.476 e. The summed E-state index contributed by atoms with van der Waals surface area (Å²) in [4.78, 5) is 11.2. The second-order valence-electron chi connectivity index (χ2n) is 5.34. The molecular formula is C15H18N4O2. The molecule has 0 amide bonds. The van der Waals surface area contributed by atoms with E-state index in [9.17, 15) is 4.79 Å². The van der Waals surface area contributed by atoms with Gasteiger partial charge in [0.1, 0.15) is 0 Å². The van der Waals surface area contributed by atoms with Crippen molar-refractivity contribution in [2.75, 3.05) is 6.54 Å². The van der Waals surface area contributed by atoms with Crippen LogP contribution in [0.4, 0.5) is 0 Å². The zero-order chi connectivity index (χ0) is 14.8. The molecule has 3 rings (SSSR count). The van der Waals surface area contributed by atoms with E-state index in [4.69, 9.17) is 10.8 Å². The van der Waals surface area contributed by atoms with E-state index in [0.29, 0.717) is 25.2 Å². The lowest BCUT2D eigenvalue weighted by Crippen LogP contribution is -2.14. The summed E-state index contributed by atoms with van der Waals surface area (Å²) in [6.45, 7) is 0.904. The van der Waals surface area contributed by atoms with Crippen molar-refractivity contribution in [1.29, 1.82) is 0 Å². The minimum atomic E-state index is -1.06. The van der Waals surface area contributed by atoms with Crippen molar-refractivity contribution in [2.45, 2.75) is 32.2 Å². The molecule has 1 aliphatic carbocycles. The highest BCUT2D eigenvalue weighted by Crippen LogP contribution is 2.23. The summed E-state index contributed by atoms with van der Waals surface area (Å²) in [5, 5.41) is 16.9. The molecule has 1 aromatic heterocycles. The van der Waals surface area contributed by atoms with Crippen LogP contribution in [0.15, 0.2) is 18.2 Å². The monoisotopic (exact) mass is 286 g/mol. The van der Waals surface area contributed by atoms with Gasteiger partial charge < -0.3 is 10.8 Å². The normalized spacial score (nSPS) is 13.4. The number of aromatic nitrogens is 3. The smallest absolute Gasteiger partial charge is 0.358 e. The van der Waals surface area contributed by atoms with Gasteiger partial charge in [0.15, 0.2) is 5.69 Å². The highest BCUT2D eigenvalue weighted by Gasteiger charge is 2.19. The van der Waals surface area contributed by atoms with Crippen molar-refractivity contribution in [1.82, 2.24) is 15.0 Å². The molecule has 0 bridgehead atoms. The van der Waals surface area contributed by atoms with Crippen LogP contribution in [0.1, 0.15) is 39.3 Å². The molecule has 1 aromatic carbocycles. The molecule has 3 N–H and O–H groups in total. The molecule has 6 nitrogen and oxygen atoms in total. The zero-order valence-corrected chi connectivity index (χ0v) is 11.7. The molecule has 21 heavy (non-hydrogen) atoms. The molecule has 2 aromatic rings. The predicted molar refractivity (Wildman–Crippen MR) is 77.3 cm³/mol. The van der Waals surface area contributed by atoms with E-state index in [0.717, 1.165) is 18.4 Å². The molecule has 0 fully saturated rings. The van der Waals surface area contributed by atoms with Crippen molar-refractivity contribution in [2.24, 2.45) is 5.73 Å². The van der Waals surface area contributed by atoms with Crippen LogP contribution in [0.3, 0.4) is 0 Å². The molecule has 0 radical (unpaired) electrons. The third-order valence-electron chi connectivity index (χ3n) is 3.92. The van der Waals surface area contributed by atoms with Crippen LogP contribution in [-0.2, 0) is 25.8 Å². The van der Waals surface area contributed by atoms with Crippen molar-refractivity contribution in [3.8, 4) is 0 Å². The van der Waals surface area contributed by atoms with Gasteiger partial charge in [0, 0.05) is 6.42 Å². The maximum atomic E-state index is 11.2. The van der Waals surface area contributed by atoms with E-state index in [1.165, 1.54) is 17.5 Å². The molecule has 1 heterocycles. The number of carboxylic acids is 1. The summed E-state index contributed by atoms with van der Waals surface area (Å²) < 4.78 is 1.65. The molecule has 1 aliphatic rings. The van der Waals surface area contributed by atoms with Gasteiger partial charge in [-0.2, -0.15) is 0 Å². The van der Waals surface area contributed by atoms with Gasteiger partial charge in [-0.25, -0.2) is 9.48 Å². The predicted octanol–water partition coefficient (Wildman–Crippen LogP) is 1.01. The van der Waals surface area contributed by atoms with Gasteiger partial charge in [0.2, 0.25) is 0 Å². The number of aryl methyl sites for hydroxylation is 2. The van der Waals surface area contributed by atoms with Crippen molar-refractivity contribution in [3.05, 3.63) is 46.3 Å². The minimum Gasteiger partial charge on any atom is -0.476 e. The van der Waals surface area contributed by atoms with Gasteiger partial charge in [-0.3, -0.25) is 0 Å². The van der Waals surface area contributed by atoms with Gasteiger partial charge >= 0.3 is 5.97 Å². The standard InChI is InChI=1S/C15H18N4O2/c16-7-6-13-14(15(20)21)17-18-19(13)9-10-4-5-11-2-1-3-12(11)8-10/h4-5,8H,1-3,6-7,9,16H2,(H,20,21). The Balaban J connectivity index is 1.89. The Morgan fingerprint density at radius 1 is 1.33 bits per heavy atom. The topological polar surface area (TPSA) is 94.0 Å². The molecule has 0 unspecified atom stereocenters. The second kappa shape index (κ2) is 5.65. The van der Waals surface area contributed by atoms with Crippen molar-refractivity contribution in [3.63, 3.8) is 0 Å². The summed E-state index contributed by atoms with van der Waals surface area (Å²) >= 11 is 0. The Kier molecular flexibility index (Phi) is 3.70. The van der Waals surface area contributed by atoms with E-state index in [-0.39, 0.29) is 5.69 Å². The van der Waals surface area contributed by atoms with Crippen molar-refractivity contribution < 1.29 is 9.90 Å². The van der Waals surface area contributed by atoms with Gasteiger partial charge in [0.05, 0.1) is 12.2 Å². The summed E-state index contributed by atoms with van der Waals surface area (Å²) in [6.07, 6.45) is 3.94. The molecule has 0 spiro atoms. The highest BCUT2D eigenvalue weighted by atomic mass is 16.4. The summed E-state index contributed by atoms with van der Waals surface area (Å²) in [5.41, 5.74) is 10.1. The number of nitrogens with zero attached hydrogens (tertiary/aromatic N) is 3. The highest BCUT2D eigenvalue weighted by molar-refractivity contribution is 5.86. The first-order chi connectivity index (χ1) is 10.2. The second-order valence-corrected chi connectivity index (χ2v) is 5.34. The summed E-state index contributed by atoms with van der Waals surface area (Å²) in [5.74, 6) is -1.06. The van der Waals surface area contributed by atoms with Crippen LogP contribution in [0.5, 0.6) is 0 Å². The number of carboxylic acid groups (broad SMARTS) is 1. The van der Waals surface area contributed by atoms with Crippen LogP contribution >= 0.6 is 0 Å². The van der Waals surface area contributed by atoms with Crippen LogP contribution in [0.2, 0.25) is 0 Å². The van der Waals surface area contributed by atoms with E-state index in [2.05, 4.69) is 28.5 Å². The molecular weight excluding hydrogens is 268 g/mol. The van der Waals surface area contributed by atoms with Crippen LogP contribution in [-0.4, -0.2) is 32.6 Å². The van der Waals surface area contributed by atoms with E-state index < -0.39 is 5.97 Å². The first-order valence-electron chi connectivity index (χ1n) is 7.15. The molecule has 0 saturated carbocycles. The van der Waals surface area contributed by atoms with Crippen LogP contribution in [0, 0.1) is 0 Å². The Hall–Kier alpha value is -2.21. The van der Waals surface area contributed by atoms with Gasteiger partial charge in [0.25, 0.3) is 0 Å². The number of benzene rings is 1. The maximum absolute atomic E-state index is 11.2. The first kappa shape index (κ1) is 13.8. The lowest BCUT2D eigenvalue weighted by atomic mass is 10.1. The number of fused-ring (bicyclic) bond motifs is 1. The van der Waals surface area contributed by atoms with Gasteiger partial charge in [-0.1, -0.05) is 23.4 Å². The van der Waals surface area contributed by atoms with Crippen molar-refractivity contribution >= 4 is 5.97 Å². The Labute approximate surface area is 122 Å². The van der Waals surface area contributed by atoms with E-state index in [1.807, 2.05) is 0 Å². The molecule has 0 aliphatic heterocycles. The maximum Gasteiger partial charge on any atom is 0.358 e. The van der Waals surface area contributed by atoms with Crippen LogP contribution < -0.4 is 5.73 Å². The lowest BCUT2D eigenvalue weighted by molar-refractivity contribution is 0.0689. The van der Waals surface area contributed by atoms with E-state index in [1.54, 1.807) is 4.68 Å². The third-order valence-corrected chi connectivity index (χ3v) is 3.92. The Morgan fingerprint density at radius 2 is 2.14 bits per heavy atom. The summed E-state index contributed by atoms with van der Waals surface area (Å²) in [6, 6.07) is 6.44. The molecule has 0 atom stereocenters. The fourth-order valence-corrected chi connectivity index (χ4v) is 2.91. The minimum absolute atomic E-state index is 0.00149. The fourth-order valence-electron chi connectivity index (χ4n) is 2.91. The SMILES string of the molecule is NCCc1c(C(=O)O)nnn1Cc1ccc2c(c1)CCC2. The summed E-state index contributed by atoms with van der Waals surface area (Å²) in [7, 11) is 0. The number of aromatic carboxylic acids is 1. The fraction of sp³-hybridized carbons (Fsp3) is 0.400. The third kappa shape index (κ3) is 2.67. The molecule has 110 valence electrons. The number of carbonyl (C=O) groups is 1. The van der Waals surface area contributed by atoms with Gasteiger partial charge in [-0.05, 0) is 42.5 Å². The zero-order valence-electron chi connectivity index (χ0n) is 11.7. The number of hydrogen-bond donors (Lipinski definition) is 2. The van der Waals surface area contributed by atoms with Crippen LogP contribution in [0.25, 0.3) is 0 Å². The Morgan fingerprint density at radius 3 is 2.90 bits per heavy atom.